The fourth-order valence-electron chi connectivity index (χ4n) is 0.700. The molecule has 2 nitrogen and oxygen atoms in total. The highest BCUT2D eigenvalue weighted by molar-refractivity contribution is 7.99. The van der Waals surface area contributed by atoms with Gasteiger partial charge in [0.1, 0.15) is 0 Å². The van der Waals surface area contributed by atoms with Crippen molar-refractivity contribution >= 4 is 17.7 Å². The van der Waals surface area contributed by atoms with E-state index in [0.717, 1.165) is 0 Å². The normalized spacial score (nSPS) is 12.6. The molecule has 0 aliphatic heterocycles. The molecule has 0 heterocycles. The van der Waals surface area contributed by atoms with E-state index in [0.29, 0.717) is 11.8 Å². The number of thioether (sulfide) groups is 1. The highest BCUT2D eigenvalue weighted by Gasteiger charge is 2.56. The van der Waals surface area contributed by atoms with Gasteiger partial charge in [-0.2, -0.15) is 22.0 Å². The zero-order valence-electron chi connectivity index (χ0n) is 8.44. The maximum Gasteiger partial charge on any atom is 0.453 e. The van der Waals surface area contributed by atoms with Gasteiger partial charge in [-0.25, -0.2) is 0 Å². The Morgan fingerprint density at radius 2 is 1.81 bits per heavy atom. The van der Waals surface area contributed by atoms with E-state index in [9.17, 15) is 26.7 Å². The van der Waals surface area contributed by atoms with Crippen molar-refractivity contribution in [2.75, 3.05) is 18.1 Å². The summed E-state index contributed by atoms with van der Waals surface area (Å²) in [5.41, 5.74) is 0. The highest BCUT2D eigenvalue weighted by Crippen LogP contribution is 2.38. The third kappa shape index (κ3) is 5.53. The van der Waals surface area contributed by atoms with E-state index < -0.39 is 30.2 Å². The van der Waals surface area contributed by atoms with E-state index in [1.807, 2.05) is 0 Å². The average molecular weight is 266 g/mol. The molecule has 0 aromatic heterocycles. The number of rotatable bonds is 6. The smallest absolute Gasteiger partial charge is 0.453 e. The number of carbonyl (C=O) groups is 1. The second kappa shape index (κ2) is 6.27. The molecule has 0 saturated carbocycles. The molecule has 0 saturated heterocycles. The van der Waals surface area contributed by atoms with Crippen LogP contribution in [-0.2, 0) is 9.53 Å². The second-order valence-electron chi connectivity index (χ2n) is 2.81. The lowest BCUT2D eigenvalue weighted by Crippen LogP contribution is -2.36. The number of halogens is 5. The van der Waals surface area contributed by atoms with Crippen LogP contribution in [0.25, 0.3) is 0 Å². The van der Waals surface area contributed by atoms with E-state index in [1.165, 1.54) is 0 Å². The molecule has 0 aliphatic rings. The molecule has 0 atom stereocenters. The van der Waals surface area contributed by atoms with Crippen molar-refractivity contribution in [2.24, 2.45) is 0 Å². The molecule has 0 unspecified atom stereocenters. The van der Waals surface area contributed by atoms with Crippen molar-refractivity contribution < 1.29 is 31.5 Å². The first-order valence-corrected chi connectivity index (χ1v) is 5.54. The molecule has 0 radical (unpaired) electrons. The number of esters is 1. The van der Waals surface area contributed by atoms with Crippen molar-refractivity contribution in [1.82, 2.24) is 0 Å². The van der Waals surface area contributed by atoms with E-state index >= 15 is 0 Å². The predicted molar refractivity (Wildman–Crippen MR) is 49.6 cm³/mol. The highest BCUT2D eigenvalue weighted by atomic mass is 32.2. The molecule has 0 aromatic carbocycles. The van der Waals surface area contributed by atoms with Crippen LogP contribution in [0.5, 0.6) is 0 Å². The van der Waals surface area contributed by atoms with Crippen LogP contribution in [0.3, 0.4) is 0 Å². The summed E-state index contributed by atoms with van der Waals surface area (Å²) in [6, 6.07) is 0. The Morgan fingerprint density at radius 1 is 1.25 bits per heavy atom. The number of hydrogen-bond acceptors (Lipinski definition) is 3. The van der Waals surface area contributed by atoms with E-state index in [4.69, 9.17) is 0 Å². The number of carbonyl (C=O) groups excluding carboxylic acids is 1. The Balaban J connectivity index is 3.78. The lowest BCUT2D eigenvalue weighted by molar-refractivity contribution is -0.282. The van der Waals surface area contributed by atoms with Crippen LogP contribution in [0.4, 0.5) is 22.0 Å². The molecule has 0 spiro atoms. The van der Waals surface area contributed by atoms with E-state index in [-0.39, 0.29) is 12.4 Å². The third-order valence-corrected chi connectivity index (χ3v) is 2.43. The lowest BCUT2D eigenvalue weighted by Gasteiger charge is -2.18. The number of hydrogen-bond donors (Lipinski definition) is 0. The first kappa shape index (κ1) is 15.5. The van der Waals surface area contributed by atoms with Crippen LogP contribution in [0, 0.1) is 0 Å². The quantitative estimate of drug-likeness (QED) is 0.420. The van der Waals surface area contributed by atoms with Gasteiger partial charge in [-0.05, 0) is 12.7 Å². The lowest BCUT2D eigenvalue weighted by atomic mass is 10.2. The molecule has 0 rings (SSSR count). The van der Waals surface area contributed by atoms with Gasteiger partial charge < -0.3 is 4.74 Å². The topological polar surface area (TPSA) is 26.3 Å². The van der Waals surface area contributed by atoms with Crippen molar-refractivity contribution in [2.45, 2.75) is 25.4 Å². The first-order chi connectivity index (χ1) is 7.20. The third-order valence-electron chi connectivity index (χ3n) is 1.50. The van der Waals surface area contributed by atoms with E-state index in [2.05, 4.69) is 4.74 Å². The van der Waals surface area contributed by atoms with Gasteiger partial charge in [-0.1, -0.05) is 0 Å². The van der Waals surface area contributed by atoms with Gasteiger partial charge in [0.25, 0.3) is 0 Å². The summed E-state index contributed by atoms with van der Waals surface area (Å²) in [6.45, 7) is 1.72. The van der Waals surface area contributed by atoms with Crippen LogP contribution in [0.15, 0.2) is 0 Å². The van der Waals surface area contributed by atoms with Crippen molar-refractivity contribution in [3.63, 3.8) is 0 Å². The molecule has 96 valence electrons. The summed E-state index contributed by atoms with van der Waals surface area (Å²) in [6.07, 6.45) is -6.86. The molecular weight excluding hydrogens is 255 g/mol. The second-order valence-corrected chi connectivity index (χ2v) is 3.91. The maximum atomic E-state index is 12.3. The molecular formula is C8H11F5O2S. The Kier molecular flexibility index (Phi) is 6.06. The summed E-state index contributed by atoms with van der Waals surface area (Å²) in [4.78, 5) is 10.7. The molecule has 0 aliphatic carbocycles. The van der Waals surface area contributed by atoms with Gasteiger partial charge in [0.2, 0.25) is 0 Å². The Bertz CT molecular complexity index is 229. The Hall–Kier alpha value is -0.530. The average Bonchev–Trinajstić information content (AvgIpc) is 2.11. The largest absolute Gasteiger partial charge is 0.465 e. The fraction of sp³-hybridized carbons (Fsp3) is 0.875. The molecule has 0 bridgehead atoms. The monoisotopic (exact) mass is 266 g/mol. The van der Waals surface area contributed by atoms with Crippen LogP contribution in [0.2, 0.25) is 0 Å². The van der Waals surface area contributed by atoms with Crippen molar-refractivity contribution in [1.29, 1.82) is 0 Å². The summed E-state index contributed by atoms with van der Waals surface area (Å²) in [7, 11) is 0. The minimum absolute atomic E-state index is 0.151. The van der Waals surface area contributed by atoms with Gasteiger partial charge >= 0.3 is 18.1 Å². The maximum absolute atomic E-state index is 12.3. The summed E-state index contributed by atoms with van der Waals surface area (Å²) in [5.74, 6) is -6.00. The molecule has 16 heavy (non-hydrogen) atoms. The molecule has 0 fully saturated rings. The van der Waals surface area contributed by atoms with Gasteiger partial charge in [0.05, 0.1) is 12.4 Å². The van der Waals surface area contributed by atoms with Crippen LogP contribution in [0.1, 0.15) is 13.3 Å². The standard InChI is InChI=1S/C8H11F5O2S/c1-2-15-6(14)5-16-4-3-7(9,10)8(11,12)13/h2-5H2,1H3. The van der Waals surface area contributed by atoms with Gasteiger partial charge in [0, 0.05) is 6.42 Å². The van der Waals surface area contributed by atoms with Crippen molar-refractivity contribution in [3.8, 4) is 0 Å². The molecule has 0 aromatic rings. The first-order valence-electron chi connectivity index (χ1n) is 4.38. The SMILES string of the molecule is CCOC(=O)CSCCC(F)(F)C(F)(F)F. The number of alkyl halides is 5. The zero-order chi connectivity index (χ0) is 12.8. The van der Waals surface area contributed by atoms with Crippen molar-refractivity contribution in [3.05, 3.63) is 0 Å². The minimum Gasteiger partial charge on any atom is -0.465 e. The predicted octanol–water partition coefficient (Wildman–Crippen LogP) is 2.87. The molecule has 0 N–H and O–H groups in total. The summed E-state index contributed by atoms with van der Waals surface area (Å²) < 4.78 is 64.2. The van der Waals surface area contributed by atoms with Gasteiger partial charge in [-0.15, -0.1) is 11.8 Å². The minimum atomic E-state index is -5.53. The van der Waals surface area contributed by atoms with Crippen LogP contribution >= 0.6 is 11.8 Å². The zero-order valence-corrected chi connectivity index (χ0v) is 9.26. The molecule has 0 amide bonds. The van der Waals surface area contributed by atoms with Gasteiger partial charge in [0.15, 0.2) is 0 Å². The Morgan fingerprint density at radius 3 is 2.25 bits per heavy atom. The van der Waals surface area contributed by atoms with Gasteiger partial charge in [-0.3, -0.25) is 4.79 Å². The Labute approximate surface area is 93.5 Å². The molecule has 8 heteroatoms. The summed E-state index contributed by atoms with van der Waals surface area (Å²) >= 11 is 0.690. The van der Waals surface area contributed by atoms with Crippen LogP contribution in [-0.4, -0.2) is 36.2 Å². The number of ether oxygens (including phenoxy) is 1. The van der Waals surface area contributed by atoms with E-state index in [1.54, 1.807) is 6.92 Å². The fourth-order valence-corrected chi connectivity index (χ4v) is 1.50. The van der Waals surface area contributed by atoms with Crippen LogP contribution < -0.4 is 0 Å². The summed E-state index contributed by atoms with van der Waals surface area (Å²) in [5, 5.41) is 0.